The zero-order valence-corrected chi connectivity index (χ0v) is 29.0. The number of unbranched alkanes of at least 4 members (excludes halogenated alkanes) is 2. The first kappa shape index (κ1) is 34.4. The molecule has 48 heavy (non-hydrogen) atoms. The van der Waals surface area contributed by atoms with Crippen LogP contribution in [0.4, 0.5) is 5.69 Å². The molecule has 4 aliphatic rings. The Labute approximate surface area is 293 Å². The second kappa shape index (κ2) is 14.5. The number of fused-ring (bicyclic) bond motifs is 2. The fraction of sp³-hybridized carbons (Fsp3) is 0.444. The molecule has 0 radical (unpaired) electrons. The molecule has 1 spiro atoms. The lowest BCUT2D eigenvalue weighted by Crippen LogP contribution is -2.56. The number of aliphatic hydroxyl groups excluding tert-OH is 1. The first-order valence-electron chi connectivity index (χ1n) is 16.4. The van der Waals surface area contributed by atoms with Gasteiger partial charge in [-0.3, -0.25) is 19.2 Å². The fourth-order valence-corrected chi connectivity index (χ4v) is 8.46. The van der Waals surface area contributed by atoms with Gasteiger partial charge in [0.25, 0.3) is 5.91 Å². The standard InChI is InChI=1S/C36H39BrClN3O7/c1-22-12-11-15-25(38)30(22)40-17-8-3-7-16-27(43)39-21-26(23-13-5-2-6-14-23)47-35(46)28-29-33(44)41(18-9-4-10-19-42)32(34(40)45)36(29)20-24(37)31(28)48-36/h2-3,5-6,8,11-15,20,26,28-29,31-32,42H,4,7,9-10,16-19,21H2,1H3,(H,39,43)/b8-3-/t26-,28-,29+,31-,32-,36+/m0/s1. The van der Waals surface area contributed by atoms with Gasteiger partial charge in [-0.25, -0.2) is 0 Å². The zero-order valence-electron chi connectivity index (χ0n) is 26.6. The number of esters is 1. The Morgan fingerprint density at radius 2 is 1.81 bits per heavy atom. The van der Waals surface area contributed by atoms with E-state index in [0.717, 1.165) is 5.56 Å². The van der Waals surface area contributed by atoms with E-state index >= 15 is 4.79 Å². The van der Waals surface area contributed by atoms with E-state index in [1.165, 1.54) is 0 Å². The SMILES string of the molecule is Cc1cccc(Cl)c1N1C/C=C\CCC(=O)NC[C@@H](c2ccccc2)OC(=O)[C@@H]2[C@H]3O[C@@]4(C=C3Br)[C@H](C1=O)N(CCCCCO)C(=O)[C@@H]24. The minimum atomic E-state index is -1.44. The Bertz CT molecular complexity index is 1610. The number of nitrogens with zero attached hydrogens (tertiary/aromatic N) is 2. The van der Waals surface area contributed by atoms with Crippen LogP contribution < -0.4 is 10.2 Å². The molecular formula is C36H39BrClN3O7. The fourth-order valence-electron chi connectivity index (χ4n) is 7.40. The van der Waals surface area contributed by atoms with Gasteiger partial charge in [-0.2, -0.15) is 0 Å². The number of anilines is 1. The third-order valence-electron chi connectivity index (χ3n) is 9.62. The normalized spacial score (nSPS) is 29.8. The highest BCUT2D eigenvalue weighted by Crippen LogP contribution is 2.59. The van der Waals surface area contributed by atoms with Crippen molar-refractivity contribution in [3.8, 4) is 0 Å². The molecule has 12 heteroatoms. The van der Waals surface area contributed by atoms with Gasteiger partial charge in [0, 0.05) is 30.6 Å². The number of cyclic esters (lactones) is 1. The molecule has 10 nitrogen and oxygen atoms in total. The van der Waals surface area contributed by atoms with Crippen LogP contribution in [-0.2, 0) is 28.7 Å². The number of hydrogen-bond donors (Lipinski definition) is 2. The zero-order chi connectivity index (χ0) is 34.0. The third kappa shape index (κ3) is 6.33. The number of aryl methyl sites for hydroxylation is 1. The summed E-state index contributed by atoms with van der Waals surface area (Å²) in [4.78, 5) is 59.8. The molecule has 2 aromatic rings. The summed E-state index contributed by atoms with van der Waals surface area (Å²) in [5.41, 5.74) is 0.526. The number of amides is 3. The number of hydrogen-bond acceptors (Lipinski definition) is 7. The molecule has 6 atom stereocenters. The van der Waals surface area contributed by atoms with E-state index in [0.29, 0.717) is 46.4 Å². The van der Waals surface area contributed by atoms with E-state index in [9.17, 15) is 19.5 Å². The number of para-hydroxylation sites is 1. The maximum absolute atomic E-state index is 15.0. The van der Waals surface area contributed by atoms with Crippen molar-refractivity contribution in [3.05, 3.63) is 87.4 Å². The first-order valence-corrected chi connectivity index (χ1v) is 17.6. The van der Waals surface area contributed by atoms with Gasteiger partial charge in [-0.15, -0.1) is 0 Å². The van der Waals surface area contributed by atoms with Gasteiger partial charge in [0.1, 0.15) is 29.8 Å². The van der Waals surface area contributed by atoms with Gasteiger partial charge in [-0.05, 0) is 55.9 Å². The van der Waals surface area contributed by atoms with Crippen molar-refractivity contribution in [1.82, 2.24) is 10.2 Å². The lowest BCUT2D eigenvalue weighted by Gasteiger charge is -2.36. The highest BCUT2D eigenvalue weighted by atomic mass is 79.9. The third-order valence-corrected chi connectivity index (χ3v) is 10.6. The molecule has 6 rings (SSSR count). The maximum atomic E-state index is 15.0. The lowest BCUT2D eigenvalue weighted by atomic mass is 9.74. The molecule has 2 aromatic carbocycles. The van der Waals surface area contributed by atoms with Crippen LogP contribution in [0.25, 0.3) is 0 Å². The van der Waals surface area contributed by atoms with E-state index in [-0.39, 0.29) is 44.5 Å². The minimum Gasteiger partial charge on any atom is -0.455 e. The van der Waals surface area contributed by atoms with Crippen molar-refractivity contribution in [2.24, 2.45) is 11.8 Å². The van der Waals surface area contributed by atoms with Crippen LogP contribution in [0.3, 0.4) is 0 Å². The molecular weight excluding hydrogens is 702 g/mol. The van der Waals surface area contributed by atoms with E-state index < -0.39 is 47.6 Å². The van der Waals surface area contributed by atoms with Gasteiger partial charge in [-0.1, -0.05) is 82.1 Å². The Morgan fingerprint density at radius 1 is 1.02 bits per heavy atom. The van der Waals surface area contributed by atoms with E-state index in [4.69, 9.17) is 21.1 Å². The summed E-state index contributed by atoms with van der Waals surface area (Å²) in [5.74, 6) is -3.68. The second-order valence-electron chi connectivity index (χ2n) is 12.6. The van der Waals surface area contributed by atoms with Crippen molar-refractivity contribution in [2.45, 2.75) is 62.9 Å². The van der Waals surface area contributed by atoms with Crippen molar-refractivity contribution in [2.75, 3.05) is 31.1 Å². The number of aliphatic hydroxyl groups is 1. The van der Waals surface area contributed by atoms with Crippen LogP contribution in [0, 0.1) is 18.8 Å². The summed E-state index contributed by atoms with van der Waals surface area (Å²) in [6.45, 7) is 2.30. The van der Waals surface area contributed by atoms with E-state index in [2.05, 4.69) is 21.2 Å². The topological polar surface area (TPSA) is 125 Å². The largest absolute Gasteiger partial charge is 0.455 e. The predicted molar refractivity (Wildman–Crippen MR) is 183 cm³/mol. The van der Waals surface area contributed by atoms with Crippen molar-refractivity contribution in [1.29, 1.82) is 0 Å². The van der Waals surface area contributed by atoms with Crippen LogP contribution in [0.2, 0.25) is 5.02 Å². The molecule has 2 saturated heterocycles. The van der Waals surface area contributed by atoms with Gasteiger partial charge in [0.2, 0.25) is 11.8 Å². The number of likely N-dealkylation sites (tertiary alicyclic amines) is 1. The van der Waals surface area contributed by atoms with E-state index in [1.807, 2.05) is 55.5 Å². The summed E-state index contributed by atoms with van der Waals surface area (Å²) in [7, 11) is 0. The highest BCUT2D eigenvalue weighted by Gasteiger charge is 2.75. The molecule has 4 aliphatic heterocycles. The summed E-state index contributed by atoms with van der Waals surface area (Å²) < 4.78 is 13.3. The molecule has 5 bridgehead atoms. The predicted octanol–water partition coefficient (Wildman–Crippen LogP) is 4.77. The summed E-state index contributed by atoms with van der Waals surface area (Å²) in [5, 5.41) is 12.7. The number of benzene rings is 2. The maximum Gasteiger partial charge on any atom is 0.313 e. The Morgan fingerprint density at radius 3 is 2.56 bits per heavy atom. The quantitative estimate of drug-likeness (QED) is 0.238. The molecule has 2 N–H and O–H groups in total. The molecule has 2 fully saturated rings. The first-order chi connectivity index (χ1) is 23.2. The summed E-state index contributed by atoms with van der Waals surface area (Å²) in [6.07, 6.45) is 6.16. The average Bonchev–Trinajstić information content (AvgIpc) is 3.66. The van der Waals surface area contributed by atoms with E-state index in [1.54, 1.807) is 28.0 Å². The lowest BCUT2D eigenvalue weighted by molar-refractivity contribution is -0.159. The average molecular weight is 741 g/mol. The number of halogens is 2. The number of carbonyl (C=O) groups excluding carboxylic acids is 4. The number of ether oxygens (including phenoxy) is 2. The Hall–Kier alpha value is -3.51. The Balaban J connectivity index is 1.46. The van der Waals surface area contributed by atoms with Gasteiger partial charge < -0.3 is 29.7 Å². The highest BCUT2D eigenvalue weighted by molar-refractivity contribution is 9.11. The van der Waals surface area contributed by atoms with Crippen LogP contribution in [0.1, 0.15) is 49.3 Å². The minimum absolute atomic E-state index is 0.0200. The van der Waals surface area contributed by atoms with Crippen molar-refractivity contribution >= 4 is 56.9 Å². The smallest absolute Gasteiger partial charge is 0.313 e. The number of nitrogens with one attached hydrogen (secondary N) is 1. The molecule has 254 valence electrons. The number of carbonyl (C=O) groups is 4. The number of rotatable bonds is 7. The molecule has 0 aliphatic carbocycles. The van der Waals surface area contributed by atoms with Gasteiger partial charge in [0.05, 0.1) is 23.2 Å². The number of allylic oxidation sites excluding steroid dienone is 1. The molecule has 4 heterocycles. The molecule has 0 saturated carbocycles. The summed E-state index contributed by atoms with van der Waals surface area (Å²) in [6, 6.07) is 13.4. The van der Waals surface area contributed by atoms with Crippen LogP contribution in [-0.4, -0.2) is 77.7 Å². The monoisotopic (exact) mass is 739 g/mol. The van der Waals surface area contributed by atoms with Gasteiger partial charge >= 0.3 is 5.97 Å². The van der Waals surface area contributed by atoms with Crippen LogP contribution in [0.5, 0.6) is 0 Å². The Kier molecular flexibility index (Phi) is 10.4. The molecule has 0 aromatic heterocycles. The molecule has 3 amide bonds. The van der Waals surface area contributed by atoms with Gasteiger partial charge in [0.15, 0.2) is 0 Å². The summed E-state index contributed by atoms with van der Waals surface area (Å²) >= 11 is 10.3. The van der Waals surface area contributed by atoms with Crippen LogP contribution in [0.15, 0.2) is 71.2 Å². The molecule has 0 unspecified atom stereocenters. The second-order valence-corrected chi connectivity index (χ2v) is 14.0. The van der Waals surface area contributed by atoms with Crippen molar-refractivity contribution < 1.29 is 33.8 Å². The van der Waals surface area contributed by atoms with Crippen molar-refractivity contribution in [3.63, 3.8) is 0 Å². The van der Waals surface area contributed by atoms with Crippen LogP contribution >= 0.6 is 27.5 Å².